The topological polar surface area (TPSA) is 25.2 Å². The molecule has 0 bridgehead atoms. The van der Waals surface area contributed by atoms with Gasteiger partial charge < -0.3 is 9.73 Å². The molecule has 0 fully saturated rings. The molecule has 0 saturated carbocycles. The normalized spacial score (nSPS) is 11.8. The minimum absolute atomic E-state index is 0.215. The van der Waals surface area contributed by atoms with Crippen LogP contribution in [0.15, 0.2) is 40.8 Å². The van der Waals surface area contributed by atoms with Crippen LogP contribution in [0.25, 0.3) is 11.3 Å². The van der Waals surface area contributed by atoms with Gasteiger partial charge in [-0.15, -0.1) is 0 Å². The quantitative estimate of drug-likeness (QED) is 0.859. The lowest BCUT2D eigenvalue weighted by molar-refractivity contribution is 0.482. The van der Waals surface area contributed by atoms with E-state index >= 15 is 0 Å². The van der Waals surface area contributed by atoms with Gasteiger partial charge in [0.2, 0.25) is 0 Å². The summed E-state index contributed by atoms with van der Waals surface area (Å²) in [5.41, 5.74) is 0.891. The molecule has 0 unspecified atom stereocenters. The highest BCUT2D eigenvalue weighted by Crippen LogP contribution is 2.23. The summed E-state index contributed by atoms with van der Waals surface area (Å²) in [6.45, 7) is 6.03. The molecule has 0 saturated heterocycles. The van der Waals surface area contributed by atoms with E-state index in [1.165, 1.54) is 12.1 Å². The van der Waals surface area contributed by atoms with Gasteiger partial charge >= 0.3 is 0 Å². The second kappa shape index (κ2) is 6.46. The second-order valence-corrected chi connectivity index (χ2v) is 6.85. The molecule has 108 valence electrons. The Kier molecular flexibility index (Phi) is 4.89. The maximum absolute atomic E-state index is 12.9. The van der Waals surface area contributed by atoms with Crippen molar-refractivity contribution >= 4 is 11.8 Å². The molecule has 0 aliphatic heterocycles. The van der Waals surface area contributed by atoms with Crippen LogP contribution in [0.3, 0.4) is 0 Å². The van der Waals surface area contributed by atoms with Gasteiger partial charge in [-0.25, -0.2) is 4.39 Å². The fourth-order valence-corrected chi connectivity index (χ4v) is 2.05. The van der Waals surface area contributed by atoms with Crippen molar-refractivity contribution in [3.8, 4) is 11.3 Å². The number of nitrogens with one attached hydrogen (secondary N) is 1. The Bertz CT molecular complexity index is 548. The smallest absolute Gasteiger partial charge is 0.134 e. The molecule has 0 radical (unpaired) electrons. The van der Waals surface area contributed by atoms with Gasteiger partial charge in [0.15, 0.2) is 0 Å². The van der Waals surface area contributed by atoms with Gasteiger partial charge in [-0.05, 0) is 56.5 Å². The molecule has 1 N–H and O–H groups in total. The number of halogens is 1. The van der Waals surface area contributed by atoms with Gasteiger partial charge in [0.25, 0.3) is 0 Å². The van der Waals surface area contributed by atoms with Crippen LogP contribution in [-0.4, -0.2) is 17.5 Å². The third-order valence-corrected chi connectivity index (χ3v) is 4.44. The fraction of sp³-hybridized carbons (Fsp3) is 0.375. The average Bonchev–Trinajstić information content (AvgIpc) is 2.88. The molecule has 2 rings (SSSR count). The zero-order chi connectivity index (χ0) is 14.6. The standard InChI is InChI=1S/C16H20FNOS/c1-16(2,20-3)11-18-10-14-8-9-15(19-14)12-4-6-13(17)7-5-12/h4-9,18H,10-11H2,1-3H3. The molecule has 2 nitrogen and oxygen atoms in total. The van der Waals surface area contributed by atoms with E-state index in [1.807, 2.05) is 23.9 Å². The van der Waals surface area contributed by atoms with E-state index in [0.29, 0.717) is 6.54 Å². The molecule has 0 spiro atoms. The summed E-state index contributed by atoms with van der Waals surface area (Å²) < 4.78 is 18.9. The summed E-state index contributed by atoms with van der Waals surface area (Å²) in [4.78, 5) is 0. The Hall–Kier alpha value is -1.26. The number of furan rings is 1. The Morgan fingerprint density at radius 1 is 1.15 bits per heavy atom. The van der Waals surface area contributed by atoms with E-state index in [0.717, 1.165) is 23.6 Å². The molecular formula is C16H20FNOS. The summed E-state index contributed by atoms with van der Waals surface area (Å²) in [5.74, 6) is 1.42. The number of hydrogen-bond donors (Lipinski definition) is 1. The second-order valence-electron chi connectivity index (χ2n) is 5.34. The van der Waals surface area contributed by atoms with Crippen molar-refractivity contribution in [2.75, 3.05) is 12.8 Å². The molecule has 1 aromatic carbocycles. The van der Waals surface area contributed by atoms with Crippen molar-refractivity contribution in [3.05, 3.63) is 48.0 Å². The number of benzene rings is 1. The number of thioether (sulfide) groups is 1. The third-order valence-electron chi connectivity index (χ3n) is 3.19. The largest absolute Gasteiger partial charge is 0.460 e. The predicted octanol–water partition coefficient (Wildman–Crippen LogP) is 4.32. The first kappa shape index (κ1) is 15.1. The first-order chi connectivity index (χ1) is 9.50. The average molecular weight is 293 g/mol. The highest BCUT2D eigenvalue weighted by molar-refractivity contribution is 7.99. The van der Waals surface area contributed by atoms with Gasteiger partial charge in [-0.1, -0.05) is 0 Å². The monoisotopic (exact) mass is 293 g/mol. The lowest BCUT2D eigenvalue weighted by Crippen LogP contribution is -2.31. The van der Waals surface area contributed by atoms with Gasteiger partial charge in [0.1, 0.15) is 17.3 Å². The molecule has 1 aromatic heterocycles. The number of rotatable bonds is 6. The predicted molar refractivity (Wildman–Crippen MR) is 83.4 cm³/mol. The molecular weight excluding hydrogens is 273 g/mol. The fourth-order valence-electron chi connectivity index (χ4n) is 1.80. The zero-order valence-corrected chi connectivity index (χ0v) is 12.9. The van der Waals surface area contributed by atoms with Crippen LogP contribution in [-0.2, 0) is 6.54 Å². The van der Waals surface area contributed by atoms with Crippen molar-refractivity contribution in [2.45, 2.75) is 25.1 Å². The van der Waals surface area contributed by atoms with E-state index in [2.05, 4.69) is 25.4 Å². The summed E-state index contributed by atoms with van der Waals surface area (Å²) in [5, 5.41) is 3.39. The van der Waals surface area contributed by atoms with Crippen LogP contribution < -0.4 is 5.32 Å². The Labute approximate surface area is 123 Å². The van der Waals surface area contributed by atoms with E-state index in [4.69, 9.17) is 4.42 Å². The van der Waals surface area contributed by atoms with Gasteiger partial charge in [-0.3, -0.25) is 0 Å². The van der Waals surface area contributed by atoms with Crippen molar-refractivity contribution in [3.63, 3.8) is 0 Å². The molecule has 1 heterocycles. The Morgan fingerprint density at radius 2 is 1.85 bits per heavy atom. The first-order valence-electron chi connectivity index (χ1n) is 6.61. The molecule has 0 aliphatic carbocycles. The van der Waals surface area contributed by atoms with E-state index in [-0.39, 0.29) is 10.6 Å². The van der Waals surface area contributed by atoms with Crippen molar-refractivity contribution in [1.29, 1.82) is 0 Å². The van der Waals surface area contributed by atoms with Crippen molar-refractivity contribution in [1.82, 2.24) is 5.32 Å². The highest BCUT2D eigenvalue weighted by Gasteiger charge is 2.15. The van der Waals surface area contributed by atoms with Gasteiger partial charge in [0.05, 0.1) is 6.54 Å². The van der Waals surface area contributed by atoms with Crippen molar-refractivity contribution < 1.29 is 8.81 Å². The van der Waals surface area contributed by atoms with E-state index < -0.39 is 0 Å². The molecule has 0 amide bonds. The number of hydrogen-bond acceptors (Lipinski definition) is 3. The van der Waals surface area contributed by atoms with Gasteiger partial charge in [0, 0.05) is 16.9 Å². The zero-order valence-electron chi connectivity index (χ0n) is 12.1. The van der Waals surface area contributed by atoms with Crippen LogP contribution in [0.2, 0.25) is 0 Å². The molecule has 0 atom stereocenters. The molecule has 4 heteroatoms. The SMILES string of the molecule is CSC(C)(C)CNCc1ccc(-c2ccc(F)cc2)o1. The molecule has 20 heavy (non-hydrogen) atoms. The van der Waals surface area contributed by atoms with E-state index in [9.17, 15) is 4.39 Å². The van der Waals surface area contributed by atoms with E-state index in [1.54, 1.807) is 12.1 Å². The van der Waals surface area contributed by atoms with Crippen LogP contribution in [0.4, 0.5) is 4.39 Å². The van der Waals surface area contributed by atoms with Gasteiger partial charge in [-0.2, -0.15) is 11.8 Å². The summed E-state index contributed by atoms with van der Waals surface area (Å²) in [7, 11) is 0. The van der Waals surface area contributed by atoms with Crippen LogP contribution in [0, 0.1) is 5.82 Å². The highest BCUT2D eigenvalue weighted by atomic mass is 32.2. The van der Waals surface area contributed by atoms with Crippen LogP contribution in [0.5, 0.6) is 0 Å². The maximum Gasteiger partial charge on any atom is 0.134 e. The Balaban J connectivity index is 1.94. The summed E-state index contributed by atoms with van der Waals surface area (Å²) >= 11 is 1.84. The van der Waals surface area contributed by atoms with Crippen LogP contribution >= 0.6 is 11.8 Å². The maximum atomic E-state index is 12.9. The first-order valence-corrected chi connectivity index (χ1v) is 7.83. The Morgan fingerprint density at radius 3 is 2.50 bits per heavy atom. The third kappa shape index (κ3) is 4.12. The minimum atomic E-state index is -0.235. The summed E-state index contributed by atoms with van der Waals surface area (Å²) in [6, 6.07) is 10.2. The van der Waals surface area contributed by atoms with Crippen molar-refractivity contribution in [2.24, 2.45) is 0 Å². The molecule has 0 aliphatic rings. The lowest BCUT2D eigenvalue weighted by atomic mass is 10.2. The summed E-state index contributed by atoms with van der Waals surface area (Å²) in [6.07, 6.45) is 2.11. The van der Waals surface area contributed by atoms with Crippen LogP contribution in [0.1, 0.15) is 19.6 Å². The lowest BCUT2D eigenvalue weighted by Gasteiger charge is -2.21. The molecule has 2 aromatic rings. The minimum Gasteiger partial charge on any atom is -0.460 e.